The molecule has 0 aliphatic carbocycles. The van der Waals surface area contributed by atoms with Crippen LogP contribution in [0.2, 0.25) is 0 Å². The second-order valence-corrected chi connectivity index (χ2v) is 6.67. The number of nitrogens with zero attached hydrogens (tertiary/aromatic N) is 2. The number of nitrogens with one attached hydrogen (secondary N) is 1. The lowest BCUT2D eigenvalue weighted by atomic mass is 10.0. The van der Waals surface area contributed by atoms with Gasteiger partial charge in [-0.1, -0.05) is 6.07 Å². The number of benzene rings is 2. The van der Waals surface area contributed by atoms with Crippen LogP contribution in [0.15, 0.2) is 79.4 Å². The van der Waals surface area contributed by atoms with Crippen LogP contribution in [0.4, 0.5) is 14.5 Å². The molecule has 0 unspecified atom stereocenters. The van der Waals surface area contributed by atoms with Gasteiger partial charge in [0.2, 0.25) is 0 Å². The van der Waals surface area contributed by atoms with E-state index in [4.69, 9.17) is 0 Å². The topological polar surface area (TPSA) is 84.2 Å². The molecule has 4 rings (SSSR count). The number of rotatable bonds is 5. The van der Waals surface area contributed by atoms with E-state index in [2.05, 4.69) is 10.3 Å². The summed E-state index contributed by atoms with van der Waals surface area (Å²) >= 11 is 0. The van der Waals surface area contributed by atoms with E-state index in [0.717, 1.165) is 12.1 Å². The van der Waals surface area contributed by atoms with E-state index in [-0.39, 0.29) is 27.9 Å². The minimum absolute atomic E-state index is 0.0231. The maximum atomic E-state index is 14.2. The van der Waals surface area contributed by atoms with Crippen LogP contribution in [0, 0.1) is 11.6 Å². The fourth-order valence-electron chi connectivity index (χ4n) is 3.12. The van der Waals surface area contributed by atoms with Crippen LogP contribution in [0.5, 0.6) is 0 Å². The van der Waals surface area contributed by atoms with E-state index in [9.17, 15) is 23.5 Å². The molecule has 6 nitrogen and oxygen atoms in total. The molecule has 0 bridgehead atoms. The Morgan fingerprint density at radius 2 is 1.74 bits per heavy atom. The first kappa shape index (κ1) is 20.0. The van der Waals surface area contributed by atoms with Gasteiger partial charge in [0.25, 0.3) is 5.91 Å². The maximum Gasteiger partial charge on any atom is 0.337 e. The number of anilines is 1. The Hall–Kier alpha value is -4.33. The Morgan fingerprint density at radius 1 is 0.968 bits per heavy atom. The third kappa shape index (κ3) is 4.18. The summed E-state index contributed by atoms with van der Waals surface area (Å²) in [6.45, 7) is 0. The van der Waals surface area contributed by atoms with Crippen molar-refractivity contribution in [3.8, 4) is 16.8 Å². The minimum Gasteiger partial charge on any atom is -0.478 e. The predicted molar refractivity (Wildman–Crippen MR) is 110 cm³/mol. The first-order valence-electron chi connectivity index (χ1n) is 9.15. The normalized spacial score (nSPS) is 10.6. The third-order valence-corrected chi connectivity index (χ3v) is 4.63. The van der Waals surface area contributed by atoms with Gasteiger partial charge in [-0.15, -0.1) is 0 Å². The SMILES string of the molecule is O=C(Nc1cc(-c2ccc(F)cc2F)ccc1C(=O)O)c1cncc(-n2cccc2)c1. The Bertz CT molecular complexity index is 1290. The molecule has 2 heterocycles. The van der Waals surface area contributed by atoms with Crippen molar-refractivity contribution in [3.63, 3.8) is 0 Å². The third-order valence-electron chi connectivity index (χ3n) is 4.63. The fourth-order valence-corrected chi connectivity index (χ4v) is 3.12. The zero-order chi connectivity index (χ0) is 22.0. The van der Waals surface area contributed by atoms with E-state index in [1.165, 1.54) is 30.5 Å². The number of amides is 1. The van der Waals surface area contributed by atoms with Crippen LogP contribution < -0.4 is 5.32 Å². The predicted octanol–water partition coefficient (Wildman–Crippen LogP) is 4.77. The average molecular weight is 419 g/mol. The fraction of sp³-hybridized carbons (Fsp3) is 0. The molecule has 0 fully saturated rings. The highest BCUT2D eigenvalue weighted by Gasteiger charge is 2.17. The molecule has 2 N–H and O–H groups in total. The summed E-state index contributed by atoms with van der Waals surface area (Å²) in [5.74, 6) is -3.38. The van der Waals surface area contributed by atoms with E-state index in [0.29, 0.717) is 5.69 Å². The van der Waals surface area contributed by atoms with Gasteiger partial charge in [-0.2, -0.15) is 0 Å². The van der Waals surface area contributed by atoms with Crippen LogP contribution in [0.1, 0.15) is 20.7 Å². The van der Waals surface area contributed by atoms with Gasteiger partial charge in [0.05, 0.1) is 28.7 Å². The lowest BCUT2D eigenvalue weighted by molar-refractivity contribution is 0.0698. The summed E-state index contributed by atoms with van der Waals surface area (Å²) in [5, 5.41) is 12.0. The highest BCUT2D eigenvalue weighted by atomic mass is 19.1. The molecule has 0 spiro atoms. The molecule has 2 aromatic carbocycles. The molecule has 0 aliphatic heterocycles. The monoisotopic (exact) mass is 419 g/mol. The minimum atomic E-state index is -1.26. The Labute approximate surface area is 175 Å². The summed E-state index contributed by atoms with van der Waals surface area (Å²) < 4.78 is 29.2. The zero-order valence-electron chi connectivity index (χ0n) is 15.9. The molecule has 0 radical (unpaired) electrons. The molecule has 0 saturated carbocycles. The Kier molecular flexibility index (Phi) is 5.28. The van der Waals surface area contributed by atoms with Crippen molar-refractivity contribution in [3.05, 3.63) is 102 Å². The number of carboxylic acid groups (broad SMARTS) is 1. The number of carbonyl (C=O) groups is 2. The Balaban J connectivity index is 1.69. The van der Waals surface area contributed by atoms with E-state index < -0.39 is 23.5 Å². The quantitative estimate of drug-likeness (QED) is 0.488. The molecule has 1 amide bonds. The van der Waals surface area contributed by atoms with Gasteiger partial charge >= 0.3 is 5.97 Å². The summed E-state index contributed by atoms with van der Waals surface area (Å²) in [7, 11) is 0. The standard InChI is InChI=1S/C23H15F2N3O3/c24-16-4-6-18(20(25)11-16)14-3-5-19(23(30)31)21(10-14)27-22(29)15-9-17(13-26-12-15)28-7-1-2-8-28/h1-13H,(H,27,29)(H,30,31). The number of carbonyl (C=O) groups excluding carboxylic acids is 1. The molecule has 2 aromatic heterocycles. The molecule has 8 heteroatoms. The van der Waals surface area contributed by atoms with Gasteiger partial charge in [0, 0.05) is 30.2 Å². The van der Waals surface area contributed by atoms with Gasteiger partial charge < -0.3 is 15.0 Å². The maximum absolute atomic E-state index is 14.2. The first-order valence-corrected chi connectivity index (χ1v) is 9.15. The summed E-state index contributed by atoms with van der Waals surface area (Å²) in [4.78, 5) is 28.5. The van der Waals surface area contributed by atoms with Crippen LogP contribution in [0.3, 0.4) is 0 Å². The largest absolute Gasteiger partial charge is 0.478 e. The lowest BCUT2D eigenvalue weighted by Gasteiger charge is -2.12. The molecule has 4 aromatic rings. The molecule has 0 aliphatic rings. The number of hydrogen-bond acceptors (Lipinski definition) is 3. The van der Waals surface area contributed by atoms with Crippen molar-refractivity contribution in [2.45, 2.75) is 0 Å². The van der Waals surface area contributed by atoms with E-state index >= 15 is 0 Å². The van der Waals surface area contributed by atoms with E-state index in [1.807, 2.05) is 12.1 Å². The van der Waals surface area contributed by atoms with Gasteiger partial charge in [0.1, 0.15) is 11.6 Å². The van der Waals surface area contributed by atoms with Gasteiger partial charge in [-0.25, -0.2) is 13.6 Å². The molecule has 31 heavy (non-hydrogen) atoms. The molecule has 154 valence electrons. The number of aromatic nitrogens is 2. The average Bonchev–Trinajstić information content (AvgIpc) is 3.28. The smallest absolute Gasteiger partial charge is 0.337 e. The van der Waals surface area contributed by atoms with E-state index in [1.54, 1.807) is 29.2 Å². The highest BCUT2D eigenvalue weighted by Crippen LogP contribution is 2.29. The molecule has 0 saturated heterocycles. The molecular weight excluding hydrogens is 404 g/mol. The van der Waals surface area contributed by atoms with Crippen molar-refractivity contribution >= 4 is 17.6 Å². The summed E-state index contributed by atoms with van der Waals surface area (Å²) in [5.41, 5.74) is 1.03. The number of halogens is 2. The van der Waals surface area contributed by atoms with Gasteiger partial charge in [0.15, 0.2) is 0 Å². The van der Waals surface area contributed by atoms with Crippen LogP contribution in [-0.4, -0.2) is 26.5 Å². The number of aromatic carboxylic acids is 1. The van der Waals surface area contributed by atoms with Crippen molar-refractivity contribution < 1.29 is 23.5 Å². The highest BCUT2D eigenvalue weighted by molar-refractivity contribution is 6.08. The van der Waals surface area contributed by atoms with Crippen molar-refractivity contribution in [1.29, 1.82) is 0 Å². The Morgan fingerprint density at radius 3 is 2.45 bits per heavy atom. The molecular formula is C23H15F2N3O3. The van der Waals surface area contributed by atoms with Crippen LogP contribution >= 0.6 is 0 Å². The lowest BCUT2D eigenvalue weighted by Crippen LogP contribution is -2.15. The van der Waals surface area contributed by atoms with Crippen molar-refractivity contribution in [2.24, 2.45) is 0 Å². The summed E-state index contributed by atoms with van der Waals surface area (Å²) in [6.07, 6.45) is 6.52. The van der Waals surface area contributed by atoms with Crippen LogP contribution in [0.25, 0.3) is 16.8 Å². The van der Waals surface area contributed by atoms with Gasteiger partial charge in [-0.05, 0) is 48.0 Å². The number of carboxylic acids is 1. The van der Waals surface area contributed by atoms with Crippen molar-refractivity contribution in [2.75, 3.05) is 5.32 Å². The second kappa shape index (κ2) is 8.19. The van der Waals surface area contributed by atoms with Gasteiger partial charge in [-0.3, -0.25) is 9.78 Å². The summed E-state index contributed by atoms with van der Waals surface area (Å²) in [6, 6.07) is 12.3. The zero-order valence-corrected chi connectivity index (χ0v) is 15.9. The number of hydrogen-bond donors (Lipinski definition) is 2. The number of pyridine rings is 1. The molecule has 0 atom stereocenters. The first-order chi connectivity index (χ1) is 14.9. The van der Waals surface area contributed by atoms with Crippen molar-refractivity contribution in [1.82, 2.24) is 9.55 Å². The second-order valence-electron chi connectivity index (χ2n) is 6.67. The van der Waals surface area contributed by atoms with Crippen LogP contribution in [-0.2, 0) is 0 Å².